The van der Waals surface area contributed by atoms with Gasteiger partial charge in [0, 0.05) is 19.2 Å². The van der Waals surface area contributed by atoms with Crippen molar-refractivity contribution in [1.82, 2.24) is 9.47 Å². The van der Waals surface area contributed by atoms with Gasteiger partial charge in [0.25, 0.3) is 5.56 Å². The molecule has 1 N–H and O–H groups in total. The van der Waals surface area contributed by atoms with E-state index in [0.29, 0.717) is 41.0 Å². The van der Waals surface area contributed by atoms with Crippen molar-refractivity contribution >= 4 is 16.7 Å². The first-order valence-corrected chi connectivity index (χ1v) is 14.2. The van der Waals surface area contributed by atoms with Gasteiger partial charge in [0.1, 0.15) is 18.1 Å². The molecule has 0 bridgehead atoms. The molecule has 8 nitrogen and oxygen atoms in total. The highest BCUT2D eigenvalue weighted by molar-refractivity contribution is 6.00. The number of carbonyl (C=O) groups is 1. The average molecular weight is 549 g/mol. The van der Waals surface area contributed by atoms with E-state index in [-0.39, 0.29) is 5.56 Å². The van der Waals surface area contributed by atoms with Gasteiger partial charge in [-0.1, -0.05) is 6.07 Å². The van der Waals surface area contributed by atoms with Crippen molar-refractivity contribution < 1.29 is 24.1 Å². The van der Waals surface area contributed by atoms with Gasteiger partial charge in [-0.05, 0) is 113 Å². The lowest BCUT2D eigenvalue weighted by Crippen LogP contribution is -2.33. The summed E-state index contributed by atoms with van der Waals surface area (Å²) in [6.07, 6.45) is 2.90. The maximum atomic E-state index is 13.8. The molecule has 3 aromatic rings. The van der Waals surface area contributed by atoms with Crippen molar-refractivity contribution in [1.29, 1.82) is 0 Å². The molecule has 214 valence electrons. The molecule has 2 aromatic carbocycles. The van der Waals surface area contributed by atoms with Crippen molar-refractivity contribution in [2.75, 3.05) is 32.8 Å². The minimum Gasteiger partial charge on any atom is -0.493 e. The summed E-state index contributed by atoms with van der Waals surface area (Å²) < 4.78 is 19.5. The minimum atomic E-state index is -1.35. The number of nitrogens with zero attached hydrogens (tertiary/aromatic N) is 2. The Kier molecular flexibility index (Phi) is 7.93. The lowest BCUT2D eigenvalue weighted by molar-refractivity contribution is -0.161. The number of fused-ring (bicyclic) bond motifs is 2. The topological polar surface area (TPSA) is 90.2 Å². The number of likely N-dealkylation sites (tertiary alicyclic amines) is 1. The zero-order chi connectivity index (χ0) is 28.6. The summed E-state index contributed by atoms with van der Waals surface area (Å²) in [6.45, 7) is 11.8. The number of benzene rings is 2. The highest BCUT2D eigenvalue weighted by Crippen LogP contribution is 2.42. The fourth-order valence-electron chi connectivity index (χ4n) is 5.95. The molecular weight excluding hydrogens is 508 g/mol. The maximum absolute atomic E-state index is 13.8. The number of aromatic nitrogens is 1. The molecule has 0 amide bonds. The quantitative estimate of drug-likeness (QED) is 0.411. The van der Waals surface area contributed by atoms with Crippen LogP contribution >= 0.6 is 0 Å². The molecule has 5 rings (SSSR count). The molecule has 1 fully saturated rings. The fraction of sp³-hybridized carbons (Fsp3) is 0.500. The van der Waals surface area contributed by atoms with Crippen LogP contribution in [-0.4, -0.2) is 59.0 Å². The molecule has 0 radical (unpaired) electrons. The van der Waals surface area contributed by atoms with Gasteiger partial charge in [-0.15, -0.1) is 0 Å². The standard InChI is InChI=1S/C32H40N2O6/c1-20-22-9-8-17-39-26(22)13-12-23(20)27-24-11-10-21(38-18-16-34-14-6-7-15-34)19-25(24)30(35)33(5)28(27)29(31(36)37)40-32(2,3)4/h10-13,19,29H,6-9,14-18H2,1-5H3,(H,36,37). The lowest BCUT2D eigenvalue weighted by atomic mass is 9.88. The molecule has 0 aliphatic carbocycles. The summed E-state index contributed by atoms with van der Waals surface area (Å²) in [5.74, 6) is 0.336. The third-order valence-electron chi connectivity index (χ3n) is 7.89. The van der Waals surface area contributed by atoms with E-state index in [1.54, 1.807) is 13.1 Å². The third kappa shape index (κ3) is 5.60. The van der Waals surface area contributed by atoms with Crippen LogP contribution in [0.25, 0.3) is 21.9 Å². The summed E-state index contributed by atoms with van der Waals surface area (Å²) in [5, 5.41) is 11.5. The van der Waals surface area contributed by atoms with Crippen LogP contribution in [-0.2, 0) is 23.0 Å². The maximum Gasteiger partial charge on any atom is 0.339 e. The Morgan fingerprint density at radius 1 is 1.10 bits per heavy atom. The molecule has 1 atom stereocenters. The second-order valence-electron chi connectivity index (χ2n) is 11.8. The van der Waals surface area contributed by atoms with E-state index in [1.165, 1.54) is 17.4 Å². The molecule has 1 unspecified atom stereocenters. The zero-order valence-electron chi connectivity index (χ0n) is 24.2. The first-order valence-electron chi connectivity index (χ1n) is 14.2. The van der Waals surface area contributed by atoms with E-state index in [2.05, 4.69) is 4.90 Å². The second-order valence-corrected chi connectivity index (χ2v) is 11.8. The number of carboxylic acids is 1. The number of hydrogen-bond acceptors (Lipinski definition) is 6. The largest absolute Gasteiger partial charge is 0.493 e. The van der Waals surface area contributed by atoms with E-state index in [4.69, 9.17) is 14.2 Å². The molecule has 1 saturated heterocycles. The number of hydrogen-bond donors (Lipinski definition) is 1. The first kappa shape index (κ1) is 28.2. The Morgan fingerprint density at radius 2 is 1.85 bits per heavy atom. The lowest BCUT2D eigenvalue weighted by Gasteiger charge is -2.29. The average Bonchev–Trinajstić information content (AvgIpc) is 3.43. The minimum absolute atomic E-state index is 0.290. The molecule has 2 aliphatic rings. The summed E-state index contributed by atoms with van der Waals surface area (Å²) in [6, 6.07) is 9.46. The van der Waals surface area contributed by atoms with Crippen LogP contribution in [0.1, 0.15) is 63.0 Å². The van der Waals surface area contributed by atoms with Crippen molar-refractivity contribution in [2.24, 2.45) is 7.05 Å². The van der Waals surface area contributed by atoms with Gasteiger partial charge in [0.2, 0.25) is 0 Å². The van der Waals surface area contributed by atoms with Gasteiger partial charge < -0.3 is 23.9 Å². The summed E-state index contributed by atoms with van der Waals surface area (Å²) in [5.41, 5.74) is 2.96. The number of ether oxygens (including phenoxy) is 3. The Bertz CT molecular complexity index is 1480. The Morgan fingerprint density at radius 3 is 2.55 bits per heavy atom. The summed E-state index contributed by atoms with van der Waals surface area (Å²) >= 11 is 0. The van der Waals surface area contributed by atoms with Crippen LogP contribution < -0.4 is 15.0 Å². The van der Waals surface area contributed by atoms with Crippen LogP contribution in [0.4, 0.5) is 0 Å². The summed E-state index contributed by atoms with van der Waals surface area (Å²) in [4.78, 5) is 28.9. The van der Waals surface area contributed by atoms with E-state index in [9.17, 15) is 14.7 Å². The molecule has 8 heteroatoms. The van der Waals surface area contributed by atoms with Gasteiger partial charge in [0.15, 0.2) is 6.10 Å². The molecule has 0 spiro atoms. The molecule has 3 heterocycles. The SMILES string of the molecule is Cc1c(-c2c(C(OC(C)(C)C)C(=O)O)n(C)c(=O)c3cc(OCCN4CCCC4)ccc23)ccc2c1CCCO2. The number of aliphatic carboxylic acids is 1. The zero-order valence-corrected chi connectivity index (χ0v) is 24.2. The number of carboxylic acid groups (broad SMARTS) is 1. The number of pyridine rings is 1. The van der Waals surface area contributed by atoms with Gasteiger partial charge >= 0.3 is 5.97 Å². The normalized spacial score (nSPS) is 16.5. The van der Waals surface area contributed by atoms with E-state index in [0.717, 1.165) is 54.9 Å². The van der Waals surface area contributed by atoms with E-state index < -0.39 is 17.7 Å². The Hall–Kier alpha value is -3.36. The smallest absolute Gasteiger partial charge is 0.339 e. The monoisotopic (exact) mass is 548 g/mol. The van der Waals surface area contributed by atoms with Gasteiger partial charge in [-0.25, -0.2) is 4.79 Å². The Balaban J connectivity index is 1.69. The molecule has 0 saturated carbocycles. The molecule has 2 aliphatic heterocycles. The predicted molar refractivity (Wildman–Crippen MR) is 156 cm³/mol. The van der Waals surface area contributed by atoms with E-state index in [1.807, 2.05) is 52.0 Å². The third-order valence-corrected chi connectivity index (χ3v) is 7.89. The first-order chi connectivity index (χ1) is 19.0. The van der Waals surface area contributed by atoms with Crippen LogP contribution in [0.2, 0.25) is 0 Å². The van der Waals surface area contributed by atoms with Crippen LogP contribution in [0.15, 0.2) is 35.1 Å². The van der Waals surface area contributed by atoms with Gasteiger partial charge in [-0.2, -0.15) is 0 Å². The van der Waals surface area contributed by atoms with Crippen LogP contribution in [0, 0.1) is 6.92 Å². The van der Waals surface area contributed by atoms with Crippen molar-refractivity contribution in [2.45, 2.75) is 65.1 Å². The van der Waals surface area contributed by atoms with Crippen molar-refractivity contribution in [3.8, 4) is 22.6 Å². The van der Waals surface area contributed by atoms with Crippen molar-refractivity contribution in [3.63, 3.8) is 0 Å². The molecule has 1 aromatic heterocycles. The van der Waals surface area contributed by atoms with Crippen LogP contribution in [0.3, 0.4) is 0 Å². The predicted octanol–water partition coefficient (Wildman–Crippen LogP) is 5.25. The van der Waals surface area contributed by atoms with E-state index >= 15 is 0 Å². The van der Waals surface area contributed by atoms with Gasteiger partial charge in [0.05, 0.1) is 23.3 Å². The fourth-order valence-corrected chi connectivity index (χ4v) is 5.95. The highest BCUT2D eigenvalue weighted by atomic mass is 16.5. The molecular formula is C32H40N2O6. The highest BCUT2D eigenvalue weighted by Gasteiger charge is 2.34. The molecule has 40 heavy (non-hydrogen) atoms. The Labute approximate surface area is 235 Å². The van der Waals surface area contributed by atoms with Crippen LogP contribution in [0.5, 0.6) is 11.5 Å². The van der Waals surface area contributed by atoms with Crippen molar-refractivity contribution in [3.05, 3.63) is 57.5 Å². The second kappa shape index (κ2) is 11.3. The van der Waals surface area contributed by atoms with Gasteiger partial charge in [-0.3, -0.25) is 9.69 Å². The number of rotatable bonds is 8. The summed E-state index contributed by atoms with van der Waals surface area (Å²) in [7, 11) is 1.63.